The van der Waals surface area contributed by atoms with E-state index in [1.807, 2.05) is 0 Å². The van der Waals surface area contributed by atoms with Gasteiger partial charge in [0.05, 0.1) is 25.4 Å². The molecule has 74 heavy (non-hydrogen) atoms. The third-order valence-electron chi connectivity index (χ3n) is 15.8. The minimum atomic E-state index is -0.668. The first-order valence-corrected chi connectivity index (χ1v) is 33.6. The maximum Gasteiger partial charge on any atom is 0.305 e. The van der Waals surface area contributed by atoms with Crippen LogP contribution in [0.4, 0.5) is 0 Å². The number of aliphatic hydroxyl groups is 2. The van der Waals surface area contributed by atoms with Gasteiger partial charge in [-0.05, 0) is 57.8 Å². The zero-order valence-corrected chi connectivity index (χ0v) is 50.1. The SMILES string of the molecule is CCCCC/C=C\C/C=C\CCCCCCCC(=O)OCCCCCCCCCCCCCCCCCCCCCC(=O)NC(CO)C(O)CCCCCCCCCCCCCCCCCCCCCCCCC. The van der Waals surface area contributed by atoms with E-state index in [9.17, 15) is 19.8 Å². The summed E-state index contributed by atoms with van der Waals surface area (Å²) in [5, 5.41) is 23.4. The standard InChI is InChI=1S/C68H131NO5/c1-3-5-7-9-11-13-15-17-19-20-21-22-23-24-26-29-33-36-40-44-48-52-56-60-66(71)65(64-70)69-67(72)61-57-53-49-45-41-37-34-30-27-25-28-31-35-39-43-47-51-55-59-63-74-68(73)62-58-54-50-46-42-38-32-18-16-14-12-10-8-6-4-2/h12,14,18,32,65-66,70-71H,3-11,13,15-17,19-31,33-64H2,1-2H3,(H,69,72)/b14-12-,32-18-. The summed E-state index contributed by atoms with van der Waals surface area (Å²) in [4.78, 5) is 24.6. The molecule has 0 radical (unpaired) electrons. The van der Waals surface area contributed by atoms with Crippen molar-refractivity contribution in [2.24, 2.45) is 0 Å². The predicted molar refractivity (Wildman–Crippen MR) is 324 cm³/mol. The van der Waals surface area contributed by atoms with Crippen LogP contribution in [0.15, 0.2) is 24.3 Å². The normalized spacial score (nSPS) is 12.6. The summed E-state index contributed by atoms with van der Waals surface area (Å²) in [5.74, 6) is -0.0379. The molecular formula is C68H131NO5. The summed E-state index contributed by atoms with van der Waals surface area (Å²) < 4.78 is 5.48. The van der Waals surface area contributed by atoms with Gasteiger partial charge in [0.15, 0.2) is 0 Å². The van der Waals surface area contributed by atoms with E-state index in [1.165, 1.54) is 289 Å². The van der Waals surface area contributed by atoms with Crippen molar-refractivity contribution in [3.63, 3.8) is 0 Å². The highest BCUT2D eigenvalue weighted by Gasteiger charge is 2.20. The van der Waals surface area contributed by atoms with Crippen LogP contribution in [0.5, 0.6) is 0 Å². The van der Waals surface area contributed by atoms with E-state index in [0.29, 0.717) is 25.9 Å². The predicted octanol–water partition coefficient (Wildman–Crippen LogP) is 21.4. The first kappa shape index (κ1) is 72.3. The number of hydrogen-bond acceptors (Lipinski definition) is 5. The number of nitrogens with one attached hydrogen (secondary N) is 1. The van der Waals surface area contributed by atoms with Crippen molar-refractivity contribution in [1.82, 2.24) is 5.32 Å². The Labute approximate surface area is 462 Å². The summed E-state index contributed by atoms with van der Waals surface area (Å²) in [6.45, 7) is 4.95. The van der Waals surface area contributed by atoms with Gasteiger partial charge in [0.1, 0.15) is 0 Å². The summed E-state index contributed by atoms with van der Waals surface area (Å²) in [6.07, 6.45) is 79.1. The lowest BCUT2D eigenvalue weighted by molar-refractivity contribution is -0.143. The molecule has 6 nitrogen and oxygen atoms in total. The summed E-state index contributed by atoms with van der Waals surface area (Å²) in [5.41, 5.74) is 0. The molecule has 0 aliphatic heterocycles. The highest BCUT2D eigenvalue weighted by Crippen LogP contribution is 2.19. The van der Waals surface area contributed by atoms with Crippen molar-refractivity contribution in [2.45, 2.75) is 386 Å². The summed E-state index contributed by atoms with van der Waals surface area (Å²) in [7, 11) is 0. The van der Waals surface area contributed by atoms with E-state index < -0.39 is 12.1 Å². The second kappa shape index (κ2) is 63.9. The number of carbonyl (C=O) groups excluding carboxylic acids is 2. The van der Waals surface area contributed by atoms with Crippen LogP contribution in [-0.4, -0.2) is 47.4 Å². The summed E-state index contributed by atoms with van der Waals surface area (Å²) in [6, 6.07) is -0.545. The number of allylic oxidation sites excluding steroid dienone is 4. The van der Waals surface area contributed by atoms with Gasteiger partial charge in [-0.15, -0.1) is 0 Å². The summed E-state index contributed by atoms with van der Waals surface area (Å²) >= 11 is 0. The molecule has 1 amide bonds. The lowest BCUT2D eigenvalue weighted by atomic mass is 10.0. The molecule has 0 aromatic rings. The molecule has 0 aromatic carbocycles. The minimum absolute atomic E-state index is 0.00398. The van der Waals surface area contributed by atoms with Crippen molar-refractivity contribution in [1.29, 1.82) is 0 Å². The molecule has 0 aliphatic carbocycles. The quantitative estimate of drug-likeness (QED) is 0.0320. The fourth-order valence-corrected chi connectivity index (χ4v) is 10.6. The Bertz CT molecular complexity index is 1150. The van der Waals surface area contributed by atoms with E-state index in [-0.39, 0.29) is 18.5 Å². The van der Waals surface area contributed by atoms with Gasteiger partial charge < -0.3 is 20.3 Å². The number of ether oxygens (including phenoxy) is 1. The van der Waals surface area contributed by atoms with Crippen LogP contribution < -0.4 is 5.32 Å². The number of amides is 1. The zero-order chi connectivity index (χ0) is 53.6. The van der Waals surface area contributed by atoms with E-state index in [2.05, 4.69) is 43.5 Å². The van der Waals surface area contributed by atoms with Crippen LogP contribution in [0.2, 0.25) is 0 Å². The minimum Gasteiger partial charge on any atom is -0.466 e. The van der Waals surface area contributed by atoms with E-state index in [4.69, 9.17) is 4.74 Å². The number of unbranched alkanes of at least 4 members (excludes halogenated alkanes) is 48. The molecule has 0 aromatic heterocycles. The molecule has 0 fully saturated rings. The Balaban J connectivity index is 3.40. The molecular weight excluding hydrogens is 911 g/mol. The highest BCUT2D eigenvalue weighted by molar-refractivity contribution is 5.76. The second-order valence-electron chi connectivity index (χ2n) is 23.2. The van der Waals surface area contributed by atoms with Crippen molar-refractivity contribution in [3.05, 3.63) is 24.3 Å². The van der Waals surface area contributed by atoms with Crippen molar-refractivity contribution >= 4 is 11.9 Å². The Morgan fingerprint density at radius 2 is 0.676 bits per heavy atom. The molecule has 0 spiro atoms. The number of carbonyl (C=O) groups is 2. The molecule has 2 atom stereocenters. The molecule has 2 unspecified atom stereocenters. The lowest BCUT2D eigenvalue weighted by Gasteiger charge is -2.22. The lowest BCUT2D eigenvalue weighted by Crippen LogP contribution is -2.45. The molecule has 6 heteroatoms. The monoisotopic (exact) mass is 1040 g/mol. The van der Waals surface area contributed by atoms with Gasteiger partial charge in [-0.3, -0.25) is 9.59 Å². The van der Waals surface area contributed by atoms with Crippen LogP contribution in [0.25, 0.3) is 0 Å². The van der Waals surface area contributed by atoms with E-state index >= 15 is 0 Å². The first-order valence-electron chi connectivity index (χ1n) is 33.6. The third kappa shape index (κ3) is 59.6. The maximum atomic E-state index is 12.5. The van der Waals surface area contributed by atoms with E-state index in [1.54, 1.807) is 0 Å². The molecule has 0 rings (SSSR count). The topological polar surface area (TPSA) is 95.9 Å². The van der Waals surface area contributed by atoms with Crippen LogP contribution in [0.1, 0.15) is 373 Å². The molecule has 0 aliphatic rings. The van der Waals surface area contributed by atoms with Crippen LogP contribution in [0, 0.1) is 0 Å². The molecule has 0 bridgehead atoms. The van der Waals surface area contributed by atoms with Gasteiger partial charge >= 0.3 is 5.97 Å². The Kier molecular flexibility index (Phi) is 62.4. The maximum absolute atomic E-state index is 12.5. The van der Waals surface area contributed by atoms with Gasteiger partial charge in [-0.1, -0.05) is 327 Å². The number of rotatable bonds is 63. The van der Waals surface area contributed by atoms with E-state index in [0.717, 1.165) is 51.4 Å². The molecule has 438 valence electrons. The number of esters is 1. The van der Waals surface area contributed by atoms with Crippen molar-refractivity contribution in [2.75, 3.05) is 13.2 Å². The fraction of sp³-hybridized carbons (Fsp3) is 0.912. The highest BCUT2D eigenvalue weighted by atomic mass is 16.5. The second-order valence-corrected chi connectivity index (χ2v) is 23.2. The first-order chi connectivity index (χ1) is 36.5. The largest absolute Gasteiger partial charge is 0.466 e. The van der Waals surface area contributed by atoms with Crippen LogP contribution >= 0.6 is 0 Å². The average Bonchev–Trinajstić information content (AvgIpc) is 3.40. The number of hydrogen-bond donors (Lipinski definition) is 3. The fourth-order valence-electron chi connectivity index (χ4n) is 10.6. The van der Waals surface area contributed by atoms with Gasteiger partial charge in [-0.25, -0.2) is 0 Å². The average molecular weight is 1040 g/mol. The van der Waals surface area contributed by atoms with Gasteiger partial charge in [0, 0.05) is 12.8 Å². The molecule has 0 saturated carbocycles. The molecule has 0 saturated heterocycles. The third-order valence-corrected chi connectivity index (χ3v) is 15.8. The molecule has 3 N–H and O–H groups in total. The van der Waals surface area contributed by atoms with Gasteiger partial charge in [0.25, 0.3) is 0 Å². The number of aliphatic hydroxyl groups excluding tert-OH is 2. The van der Waals surface area contributed by atoms with Crippen molar-refractivity contribution < 1.29 is 24.5 Å². The van der Waals surface area contributed by atoms with Gasteiger partial charge in [-0.2, -0.15) is 0 Å². The van der Waals surface area contributed by atoms with Crippen LogP contribution in [0.3, 0.4) is 0 Å². The Morgan fingerprint density at radius 3 is 1.05 bits per heavy atom. The smallest absolute Gasteiger partial charge is 0.305 e. The Hall–Kier alpha value is -1.66. The van der Waals surface area contributed by atoms with Crippen LogP contribution in [-0.2, 0) is 14.3 Å². The van der Waals surface area contributed by atoms with Gasteiger partial charge in [0.2, 0.25) is 5.91 Å². The molecule has 0 heterocycles. The Morgan fingerprint density at radius 1 is 0.378 bits per heavy atom. The zero-order valence-electron chi connectivity index (χ0n) is 50.1. The van der Waals surface area contributed by atoms with Crippen molar-refractivity contribution in [3.8, 4) is 0 Å².